The van der Waals surface area contributed by atoms with E-state index in [2.05, 4.69) is 14.9 Å². The fraction of sp³-hybridized carbons (Fsp3) is 0.619. The zero-order valence-corrected chi connectivity index (χ0v) is 16.6. The predicted molar refractivity (Wildman–Crippen MR) is 107 cm³/mol. The van der Waals surface area contributed by atoms with Crippen LogP contribution >= 0.6 is 0 Å². The summed E-state index contributed by atoms with van der Waals surface area (Å²) in [5.74, 6) is 0.0907. The van der Waals surface area contributed by atoms with Crippen molar-refractivity contribution in [3.8, 4) is 0 Å². The molecule has 0 bridgehead atoms. The number of likely N-dealkylation sites (tertiary alicyclic amines) is 1. The Morgan fingerprint density at radius 1 is 1.10 bits per heavy atom. The second-order valence-corrected chi connectivity index (χ2v) is 8.37. The van der Waals surface area contributed by atoms with E-state index in [1.54, 1.807) is 6.20 Å². The van der Waals surface area contributed by atoms with Crippen LogP contribution in [0.1, 0.15) is 38.5 Å². The van der Waals surface area contributed by atoms with Crippen molar-refractivity contribution in [3.05, 3.63) is 18.3 Å². The van der Waals surface area contributed by atoms with Crippen LogP contribution in [0.15, 0.2) is 22.7 Å². The molecule has 0 radical (unpaired) electrons. The number of pyridine rings is 1. The number of anilines is 1. The average molecular weight is 397 g/mol. The molecule has 3 aliphatic rings. The molecule has 2 aliphatic heterocycles. The maximum Gasteiger partial charge on any atom is 0.300 e. The Kier molecular flexibility index (Phi) is 4.85. The van der Waals surface area contributed by atoms with Gasteiger partial charge in [0.05, 0.1) is 5.92 Å². The molecule has 0 aromatic carbocycles. The Balaban J connectivity index is 1.18. The maximum atomic E-state index is 13.0. The molecule has 0 N–H and O–H groups in total. The quantitative estimate of drug-likeness (QED) is 0.788. The first-order chi connectivity index (χ1) is 14.2. The molecule has 0 spiro atoms. The topological polar surface area (TPSA) is 82.8 Å². The lowest BCUT2D eigenvalue weighted by atomic mass is 9.94. The second-order valence-electron chi connectivity index (χ2n) is 8.37. The van der Waals surface area contributed by atoms with Gasteiger partial charge in [-0.1, -0.05) is 19.3 Å². The molecule has 2 saturated heterocycles. The molecule has 1 aliphatic carbocycles. The van der Waals surface area contributed by atoms with Crippen LogP contribution in [0.2, 0.25) is 0 Å². The van der Waals surface area contributed by atoms with E-state index in [9.17, 15) is 9.59 Å². The average Bonchev–Trinajstić information content (AvgIpc) is 3.37. The molecule has 29 heavy (non-hydrogen) atoms. The number of rotatable bonds is 3. The highest BCUT2D eigenvalue weighted by molar-refractivity contribution is 5.89. The maximum absolute atomic E-state index is 13.0. The van der Waals surface area contributed by atoms with Crippen molar-refractivity contribution < 1.29 is 14.0 Å². The third kappa shape index (κ3) is 3.56. The van der Waals surface area contributed by atoms with Crippen LogP contribution in [0.25, 0.3) is 11.2 Å². The molecule has 2 aromatic rings. The van der Waals surface area contributed by atoms with Gasteiger partial charge in [-0.25, -0.2) is 4.98 Å². The summed E-state index contributed by atoms with van der Waals surface area (Å²) < 4.78 is 5.80. The monoisotopic (exact) mass is 397 g/mol. The van der Waals surface area contributed by atoms with Gasteiger partial charge in [-0.2, -0.15) is 4.98 Å². The van der Waals surface area contributed by atoms with E-state index >= 15 is 0 Å². The van der Waals surface area contributed by atoms with Gasteiger partial charge in [-0.3, -0.25) is 9.59 Å². The Morgan fingerprint density at radius 3 is 2.66 bits per heavy atom. The number of oxazole rings is 1. The summed E-state index contributed by atoms with van der Waals surface area (Å²) in [7, 11) is 0. The molecule has 8 heteroatoms. The highest BCUT2D eigenvalue weighted by Crippen LogP contribution is 2.30. The van der Waals surface area contributed by atoms with Crippen LogP contribution in [0.5, 0.6) is 0 Å². The summed E-state index contributed by atoms with van der Waals surface area (Å²) in [6.45, 7) is 3.19. The number of hydrogen-bond donors (Lipinski definition) is 0. The molecule has 154 valence electrons. The molecule has 3 fully saturated rings. The summed E-state index contributed by atoms with van der Waals surface area (Å²) in [4.78, 5) is 40.2. The number of carbonyl (C=O) groups excluding carboxylic acids is 2. The minimum Gasteiger partial charge on any atom is -0.422 e. The van der Waals surface area contributed by atoms with Crippen LogP contribution in [0, 0.1) is 5.92 Å². The van der Waals surface area contributed by atoms with Crippen molar-refractivity contribution >= 4 is 29.1 Å². The van der Waals surface area contributed by atoms with Crippen molar-refractivity contribution in [3.63, 3.8) is 0 Å². The first-order valence-corrected chi connectivity index (χ1v) is 10.7. The first kappa shape index (κ1) is 18.4. The highest BCUT2D eigenvalue weighted by Gasteiger charge is 2.40. The second kappa shape index (κ2) is 7.65. The Labute approximate surface area is 169 Å². The Morgan fingerprint density at radius 2 is 1.90 bits per heavy atom. The minimum atomic E-state index is -0.190. The van der Waals surface area contributed by atoms with Crippen LogP contribution in [0.4, 0.5) is 6.01 Å². The number of aromatic nitrogens is 2. The van der Waals surface area contributed by atoms with Crippen LogP contribution in [-0.2, 0) is 9.59 Å². The van der Waals surface area contributed by atoms with Gasteiger partial charge in [0.15, 0.2) is 5.58 Å². The third-order valence-corrected chi connectivity index (χ3v) is 6.54. The van der Waals surface area contributed by atoms with Gasteiger partial charge in [0.25, 0.3) is 6.01 Å². The molecule has 1 unspecified atom stereocenters. The summed E-state index contributed by atoms with van der Waals surface area (Å²) in [6, 6.07) is 4.59. The van der Waals surface area contributed by atoms with Gasteiger partial charge in [0.2, 0.25) is 17.5 Å². The zero-order chi connectivity index (χ0) is 19.8. The molecule has 8 nitrogen and oxygen atoms in total. The van der Waals surface area contributed by atoms with Crippen LogP contribution in [0.3, 0.4) is 0 Å². The van der Waals surface area contributed by atoms with Gasteiger partial charge in [0.1, 0.15) is 0 Å². The molecule has 5 rings (SSSR count). The molecular formula is C21H27N5O3. The van der Waals surface area contributed by atoms with Crippen molar-refractivity contribution in [2.75, 3.05) is 37.6 Å². The summed E-state index contributed by atoms with van der Waals surface area (Å²) in [5.41, 5.74) is 1.28. The van der Waals surface area contributed by atoms with Crippen LogP contribution < -0.4 is 4.90 Å². The largest absolute Gasteiger partial charge is 0.422 e. The highest BCUT2D eigenvalue weighted by atomic mass is 16.4. The minimum absolute atomic E-state index is 0.121. The molecule has 4 heterocycles. The van der Waals surface area contributed by atoms with E-state index in [1.807, 2.05) is 21.9 Å². The number of carbonyl (C=O) groups is 2. The SMILES string of the molecule is O=C(C1CC(=O)N(C2CCCCC2)C1)N1CCN(c2nc3ncccc3o2)CC1. The number of nitrogens with zero attached hydrogens (tertiary/aromatic N) is 5. The summed E-state index contributed by atoms with van der Waals surface area (Å²) >= 11 is 0. The van der Waals surface area contributed by atoms with Crippen molar-refractivity contribution in [1.29, 1.82) is 0 Å². The number of amides is 2. The lowest BCUT2D eigenvalue weighted by Gasteiger charge is -2.35. The van der Waals surface area contributed by atoms with E-state index in [0.717, 1.165) is 12.8 Å². The van der Waals surface area contributed by atoms with E-state index < -0.39 is 0 Å². The summed E-state index contributed by atoms with van der Waals surface area (Å²) in [5, 5.41) is 0. The predicted octanol–water partition coefficient (Wildman–Crippen LogP) is 2.05. The smallest absolute Gasteiger partial charge is 0.300 e. The van der Waals surface area contributed by atoms with E-state index in [-0.39, 0.29) is 17.7 Å². The normalized spacial score (nSPS) is 23.9. The fourth-order valence-corrected chi connectivity index (χ4v) is 4.91. The number of fused-ring (bicyclic) bond motifs is 1. The lowest BCUT2D eigenvalue weighted by molar-refractivity contribution is -0.136. The standard InChI is InChI=1S/C21H27N5O3/c27-18-13-15(14-26(18)16-5-2-1-3-6-16)20(28)24-9-11-25(12-10-24)21-23-19-17(29-21)7-4-8-22-19/h4,7-8,15-16H,1-3,5-6,9-14H2. The van der Waals surface area contributed by atoms with Crippen LogP contribution in [-0.4, -0.2) is 70.3 Å². The third-order valence-electron chi connectivity index (χ3n) is 6.54. The van der Waals surface area contributed by atoms with Gasteiger partial charge < -0.3 is 19.1 Å². The molecule has 1 atom stereocenters. The number of piperazine rings is 1. The van der Waals surface area contributed by atoms with E-state index in [0.29, 0.717) is 62.4 Å². The lowest BCUT2D eigenvalue weighted by Crippen LogP contribution is -2.51. The van der Waals surface area contributed by atoms with E-state index in [4.69, 9.17) is 4.42 Å². The fourth-order valence-electron chi connectivity index (χ4n) is 4.91. The van der Waals surface area contributed by atoms with Crippen molar-refractivity contribution in [2.24, 2.45) is 5.92 Å². The van der Waals surface area contributed by atoms with E-state index in [1.165, 1.54) is 19.3 Å². The molecule has 2 aromatic heterocycles. The van der Waals surface area contributed by atoms with Gasteiger partial charge >= 0.3 is 0 Å². The molecule has 2 amide bonds. The molecule has 1 saturated carbocycles. The Hall–Kier alpha value is -2.64. The molecular weight excluding hydrogens is 370 g/mol. The zero-order valence-electron chi connectivity index (χ0n) is 16.6. The van der Waals surface area contributed by atoms with Gasteiger partial charge in [-0.05, 0) is 25.0 Å². The van der Waals surface area contributed by atoms with Gasteiger partial charge in [-0.15, -0.1) is 0 Å². The van der Waals surface area contributed by atoms with Gasteiger partial charge in [0, 0.05) is 51.4 Å². The first-order valence-electron chi connectivity index (χ1n) is 10.7. The van der Waals surface area contributed by atoms with Crippen molar-refractivity contribution in [2.45, 2.75) is 44.6 Å². The Bertz CT molecular complexity index is 866. The summed E-state index contributed by atoms with van der Waals surface area (Å²) in [6.07, 6.45) is 7.90. The van der Waals surface area contributed by atoms with Crippen molar-refractivity contribution in [1.82, 2.24) is 19.8 Å². The number of hydrogen-bond acceptors (Lipinski definition) is 6.